The van der Waals surface area contributed by atoms with Crippen molar-refractivity contribution in [3.8, 4) is 17.2 Å². The predicted molar refractivity (Wildman–Crippen MR) is 61.9 cm³/mol. The molecule has 0 saturated carbocycles. The lowest BCUT2D eigenvalue weighted by Crippen LogP contribution is -2.40. The number of benzene rings is 1. The third-order valence-corrected chi connectivity index (χ3v) is 2.91. The molecule has 1 aliphatic heterocycles. The summed E-state index contributed by atoms with van der Waals surface area (Å²) in [6.07, 6.45) is 0. The summed E-state index contributed by atoms with van der Waals surface area (Å²) >= 11 is 0. The van der Waals surface area contributed by atoms with Gasteiger partial charge in [0.25, 0.3) is 5.89 Å². The van der Waals surface area contributed by atoms with Gasteiger partial charge in [-0.1, -0.05) is 11.2 Å². The first kappa shape index (κ1) is 10.3. The first-order valence-electron chi connectivity index (χ1n) is 5.55. The van der Waals surface area contributed by atoms with Gasteiger partial charge in [-0.2, -0.15) is 4.98 Å². The summed E-state index contributed by atoms with van der Waals surface area (Å²) in [5.41, 5.74) is 0.885. The molecule has 0 unspecified atom stereocenters. The van der Waals surface area contributed by atoms with Crippen LogP contribution in [0.25, 0.3) is 11.5 Å². The molecule has 0 spiro atoms. The van der Waals surface area contributed by atoms with Crippen molar-refractivity contribution in [3.63, 3.8) is 0 Å². The molecule has 5 nitrogen and oxygen atoms in total. The van der Waals surface area contributed by atoms with E-state index in [1.165, 1.54) is 0 Å². The van der Waals surface area contributed by atoms with Crippen molar-refractivity contribution in [1.29, 1.82) is 0 Å². The molecule has 1 N–H and O–H groups in total. The number of nitrogens with one attached hydrogen (secondary N) is 1. The minimum Gasteiger partial charge on any atom is -0.497 e. The van der Waals surface area contributed by atoms with E-state index in [4.69, 9.17) is 9.26 Å². The van der Waals surface area contributed by atoms with Gasteiger partial charge < -0.3 is 14.6 Å². The summed E-state index contributed by atoms with van der Waals surface area (Å²) in [5, 5.41) is 7.19. The highest BCUT2D eigenvalue weighted by Crippen LogP contribution is 2.24. The van der Waals surface area contributed by atoms with Crippen molar-refractivity contribution in [2.75, 3.05) is 20.2 Å². The highest BCUT2D eigenvalue weighted by Gasteiger charge is 2.24. The largest absolute Gasteiger partial charge is 0.497 e. The van der Waals surface area contributed by atoms with Crippen molar-refractivity contribution in [2.45, 2.75) is 5.92 Å². The monoisotopic (exact) mass is 231 g/mol. The smallest absolute Gasteiger partial charge is 0.258 e. The van der Waals surface area contributed by atoms with E-state index in [2.05, 4.69) is 15.5 Å². The Hall–Kier alpha value is -1.88. The van der Waals surface area contributed by atoms with Crippen LogP contribution < -0.4 is 10.1 Å². The zero-order valence-electron chi connectivity index (χ0n) is 9.51. The standard InChI is InChI=1S/C12H13N3O2/c1-16-10-4-2-3-8(5-10)12-14-11(15-17-12)9-6-13-7-9/h2-5,9,13H,6-7H2,1H3. The average molecular weight is 231 g/mol. The minimum absolute atomic E-state index is 0.387. The molecular formula is C12H13N3O2. The van der Waals surface area contributed by atoms with Crippen LogP contribution in [0.5, 0.6) is 5.75 Å². The Bertz CT molecular complexity index is 520. The fraction of sp³-hybridized carbons (Fsp3) is 0.333. The van der Waals surface area contributed by atoms with Crippen molar-refractivity contribution in [3.05, 3.63) is 30.1 Å². The summed E-state index contributed by atoms with van der Waals surface area (Å²) in [6, 6.07) is 7.61. The van der Waals surface area contributed by atoms with Gasteiger partial charge in [-0.3, -0.25) is 0 Å². The van der Waals surface area contributed by atoms with Gasteiger partial charge in [-0.05, 0) is 18.2 Å². The molecule has 17 heavy (non-hydrogen) atoms. The molecule has 0 radical (unpaired) electrons. The zero-order chi connectivity index (χ0) is 11.7. The number of methoxy groups -OCH3 is 1. The molecule has 88 valence electrons. The third kappa shape index (κ3) is 1.89. The number of hydrogen-bond donors (Lipinski definition) is 1. The topological polar surface area (TPSA) is 60.2 Å². The van der Waals surface area contributed by atoms with Gasteiger partial charge in [0.15, 0.2) is 5.82 Å². The highest BCUT2D eigenvalue weighted by molar-refractivity contribution is 5.55. The van der Waals surface area contributed by atoms with Gasteiger partial charge in [-0.15, -0.1) is 0 Å². The van der Waals surface area contributed by atoms with Crippen LogP contribution in [0.1, 0.15) is 11.7 Å². The van der Waals surface area contributed by atoms with Crippen LogP contribution in [0, 0.1) is 0 Å². The minimum atomic E-state index is 0.387. The number of rotatable bonds is 3. The molecule has 1 aliphatic rings. The van der Waals surface area contributed by atoms with Gasteiger partial charge in [0.1, 0.15) is 5.75 Å². The van der Waals surface area contributed by atoms with Crippen LogP contribution in [0.3, 0.4) is 0 Å². The molecule has 0 amide bonds. The second-order valence-corrected chi connectivity index (χ2v) is 4.04. The summed E-state index contributed by atoms with van der Waals surface area (Å²) in [7, 11) is 1.64. The van der Waals surface area contributed by atoms with E-state index in [0.717, 1.165) is 30.2 Å². The quantitative estimate of drug-likeness (QED) is 0.866. The first-order chi connectivity index (χ1) is 8.36. The SMILES string of the molecule is COc1cccc(-c2nc(C3CNC3)no2)c1. The Labute approximate surface area is 98.8 Å². The molecule has 0 bridgehead atoms. The molecular weight excluding hydrogens is 218 g/mol. The summed E-state index contributed by atoms with van der Waals surface area (Å²) < 4.78 is 10.4. The molecule has 2 aromatic rings. The van der Waals surface area contributed by atoms with Gasteiger partial charge in [0.05, 0.1) is 7.11 Å². The lowest BCUT2D eigenvalue weighted by atomic mass is 10.0. The van der Waals surface area contributed by atoms with Crippen molar-refractivity contribution in [2.24, 2.45) is 0 Å². The van der Waals surface area contributed by atoms with Crippen LogP contribution in [-0.4, -0.2) is 30.3 Å². The number of ether oxygens (including phenoxy) is 1. The van der Waals surface area contributed by atoms with Crippen LogP contribution in [0.4, 0.5) is 0 Å². The third-order valence-electron chi connectivity index (χ3n) is 2.91. The van der Waals surface area contributed by atoms with Gasteiger partial charge in [0.2, 0.25) is 0 Å². The Morgan fingerprint density at radius 3 is 3.00 bits per heavy atom. The molecule has 3 rings (SSSR count). The van der Waals surface area contributed by atoms with Crippen LogP contribution >= 0.6 is 0 Å². The second kappa shape index (κ2) is 4.18. The Morgan fingerprint density at radius 2 is 2.29 bits per heavy atom. The van der Waals surface area contributed by atoms with Crippen LogP contribution in [0.2, 0.25) is 0 Å². The summed E-state index contributed by atoms with van der Waals surface area (Å²) in [6.45, 7) is 1.86. The zero-order valence-corrected chi connectivity index (χ0v) is 9.51. The van der Waals surface area contributed by atoms with E-state index < -0.39 is 0 Å². The van der Waals surface area contributed by atoms with Gasteiger partial charge in [-0.25, -0.2) is 0 Å². The fourth-order valence-electron chi connectivity index (χ4n) is 1.75. The van der Waals surface area contributed by atoms with E-state index in [9.17, 15) is 0 Å². The van der Waals surface area contributed by atoms with E-state index in [1.807, 2.05) is 24.3 Å². The Balaban J connectivity index is 1.89. The average Bonchev–Trinajstić information content (AvgIpc) is 2.76. The van der Waals surface area contributed by atoms with Crippen molar-refractivity contribution < 1.29 is 9.26 Å². The molecule has 0 atom stereocenters. The number of nitrogens with zero attached hydrogens (tertiary/aromatic N) is 2. The van der Waals surface area contributed by atoms with Crippen molar-refractivity contribution in [1.82, 2.24) is 15.5 Å². The molecule has 1 aromatic carbocycles. The molecule has 1 fully saturated rings. The molecule has 1 saturated heterocycles. The van der Waals surface area contributed by atoms with Gasteiger partial charge in [0, 0.05) is 24.6 Å². The van der Waals surface area contributed by atoms with Gasteiger partial charge >= 0.3 is 0 Å². The number of aromatic nitrogens is 2. The molecule has 5 heteroatoms. The maximum absolute atomic E-state index is 5.26. The van der Waals surface area contributed by atoms with Crippen LogP contribution in [0.15, 0.2) is 28.8 Å². The predicted octanol–water partition coefficient (Wildman–Crippen LogP) is 1.43. The highest BCUT2D eigenvalue weighted by atomic mass is 16.5. The van der Waals surface area contributed by atoms with E-state index in [0.29, 0.717) is 11.8 Å². The second-order valence-electron chi connectivity index (χ2n) is 4.04. The summed E-state index contributed by atoms with van der Waals surface area (Å²) in [4.78, 5) is 4.40. The lowest BCUT2D eigenvalue weighted by Gasteiger charge is -2.23. The van der Waals surface area contributed by atoms with Crippen molar-refractivity contribution >= 4 is 0 Å². The Morgan fingerprint density at radius 1 is 1.41 bits per heavy atom. The maximum Gasteiger partial charge on any atom is 0.258 e. The number of hydrogen-bond acceptors (Lipinski definition) is 5. The molecule has 2 heterocycles. The molecule has 1 aromatic heterocycles. The first-order valence-corrected chi connectivity index (χ1v) is 5.55. The van der Waals surface area contributed by atoms with E-state index in [1.54, 1.807) is 7.11 Å². The normalized spacial score (nSPS) is 15.6. The van der Waals surface area contributed by atoms with Crippen LogP contribution in [-0.2, 0) is 0 Å². The Kier molecular flexibility index (Phi) is 2.53. The summed E-state index contributed by atoms with van der Waals surface area (Å²) in [5.74, 6) is 2.50. The maximum atomic E-state index is 5.26. The lowest BCUT2D eigenvalue weighted by molar-refractivity contribution is 0.382. The van der Waals surface area contributed by atoms with E-state index in [-0.39, 0.29) is 0 Å². The fourth-order valence-corrected chi connectivity index (χ4v) is 1.75. The van der Waals surface area contributed by atoms with E-state index >= 15 is 0 Å². The molecule has 0 aliphatic carbocycles.